The van der Waals surface area contributed by atoms with Gasteiger partial charge in [-0.3, -0.25) is 9.80 Å². The monoisotopic (exact) mass is 354 g/mol. The molecule has 5 nitrogen and oxygen atoms in total. The summed E-state index contributed by atoms with van der Waals surface area (Å²) in [4.78, 5) is 9.54. The standard InChI is InChI=1S/C21H30N4O/c1-18-3-5-19(6-4-18)15-25-13-14-26-21(17-25)7-10-24(11-8-21)16-20-22-9-12-23(20)2/h3-6,9,12H,7-8,10-11,13-17H2,1-2H3. The van der Waals surface area contributed by atoms with E-state index < -0.39 is 0 Å². The van der Waals surface area contributed by atoms with Gasteiger partial charge in [0.05, 0.1) is 18.8 Å². The SMILES string of the molecule is Cc1ccc(CN2CCOC3(CCN(Cc4nccn4C)CC3)C2)cc1. The number of benzene rings is 1. The number of imidazole rings is 1. The number of ether oxygens (including phenoxy) is 1. The molecule has 1 spiro atoms. The maximum absolute atomic E-state index is 6.31. The molecule has 0 atom stereocenters. The van der Waals surface area contributed by atoms with E-state index >= 15 is 0 Å². The van der Waals surface area contributed by atoms with Crippen molar-refractivity contribution in [2.24, 2.45) is 7.05 Å². The highest BCUT2D eigenvalue weighted by Gasteiger charge is 2.39. The molecular weight excluding hydrogens is 324 g/mol. The average Bonchev–Trinajstić information content (AvgIpc) is 3.04. The van der Waals surface area contributed by atoms with Gasteiger partial charge in [-0.25, -0.2) is 4.98 Å². The Kier molecular flexibility index (Phi) is 5.11. The molecule has 140 valence electrons. The van der Waals surface area contributed by atoms with Crippen molar-refractivity contribution in [3.63, 3.8) is 0 Å². The summed E-state index contributed by atoms with van der Waals surface area (Å²) in [5.74, 6) is 1.14. The summed E-state index contributed by atoms with van der Waals surface area (Å²) in [6.07, 6.45) is 6.13. The Morgan fingerprint density at radius 2 is 1.81 bits per heavy atom. The second-order valence-electron chi connectivity index (χ2n) is 7.96. The second-order valence-corrected chi connectivity index (χ2v) is 7.96. The van der Waals surface area contributed by atoms with Crippen LogP contribution in [0.25, 0.3) is 0 Å². The number of piperidine rings is 1. The van der Waals surface area contributed by atoms with Crippen LogP contribution in [-0.2, 0) is 24.9 Å². The Morgan fingerprint density at radius 3 is 2.50 bits per heavy atom. The minimum Gasteiger partial charge on any atom is -0.372 e. The number of aromatic nitrogens is 2. The van der Waals surface area contributed by atoms with E-state index in [0.29, 0.717) is 0 Å². The first-order chi connectivity index (χ1) is 12.6. The summed E-state index contributed by atoms with van der Waals surface area (Å²) in [6, 6.07) is 8.93. The number of rotatable bonds is 4. The Morgan fingerprint density at radius 1 is 1.04 bits per heavy atom. The maximum atomic E-state index is 6.31. The van der Waals surface area contributed by atoms with Crippen LogP contribution in [0.5, 0.6) is 0 Å². The fourth-order valence-electron chi connectivity index (χ4n) is 4.18. The molecule has 0 saturated carbocycles. The fraction of sp³-hybridized carbons (Fsp3) is 0.571. The van der Waals surface area contributed by atoms with Crippen molar-refractivity contribution in [1.29, 1.82) is 0 Å². The molecule has 2 aliphatic heterocycles. The van der Waals surface area contributed by atoms with Crippen molar-refractivity contribution >= 4 is 0 Å². The van der Waals surface area contributed by atoms with Gasteiger partial charge in [0.1, 0.15) is 5.82 Å². The molecule has 0 unspecified atom stereocenters. The van der Waals surface area contributed by atoms with Gasteiger partial charge in [-0.1, -0.05) is 29.8 Å². The van der Waals surface area contributed by atoms with E-state index in [9.17, 15) is 0 Å². The van der Waals surface area contributed by atoms with E-state index in [0.717, 1.165) is 64.5 Å². The summed E-state index contributed by atoms with van der Waals surface area (Å²) >= 11 is 0. The van der Waals surface area contributed by atoms with Gasteiger partial charge in [0.15, 0.2) is 0 Å². The Hall–Kier alpha value is -1.69. The molecule has 2 fully saturated rings. The molecule has 5 heteroatoms. The van der Waals surface area contributed by atoms with Gasteiger partial charge in [-0.2, -0.15) is 0 Å². The zero-order chi connectivity index (χ0) is 18.0. The van der Waals surface area contributed by atoms with E-state index in [1.165, 1.54) is 11.1 Å². The van der Waals surface area contributed by atoms with Crippen LogP contribution >= 0.6 is 0 Å². The molecule has 0 radical (unpaired) electrons. The molecule has 0 aliphatic carbocycles. The van der Waals surface area contributed by atoms with E-state index in [-0.39, 0.29) is 5.60 Å². The summed E-state index contributed by atoms with van der Waals surface area (Å²) in [6.45, 7) is 9.23. The molecular formula is C21H30N4O. The van der Waals surface area contributed by atoms with Crippen LogP contribution in [0.15, 0.2) is 36.7 Å². The molecule has 1 aromatic heterocycles. The van der Waals surface area contributed by atoms with Crippen LogP contribution < -0.4 is 0 Å². The van der Waals surface area contributed by atoms with Gasteiger partial charge in [0.25, 0.3) is 0 Å². The lowest BCUT2D eigenvalue weighted by atomic mass is 9.89. The van der Waals surface area contributed by atoms with E-state index in [1.54, 1.807) is 0 Å². The predicted octanol–water partition coefficient (Wildman–Crippen LogP) is 2.60. The van der Waals surface area contributed by atoms with E-state index in [4.69, 9.17) is 4.74 Å². The minimum absolute atomic E-state index is 0.0427. The molecule has 0 N–H and O–H groups in total. The molecule has 0 amide bonds. The van der Waals surface area contributed by atoms with Crippen LogP contribution in [0.3, 0.4) is 0 Å². The van der Waals surface area contributed by atoms with Crippen LogP contribution in [0, 0.1) is 6.92 Å². The highest BCUT2D eigenvalue weighted by molar-refractivity contribution is 5.21. The van der Waals surface area contributed by atoms with Crippen molar-refractivity contribution in [2.75, 3.05) is 32.8 Å². The number of hydrogen-bond donors (Lipinski definition) is 0. The van der Waals surface area contributed by atoms with E-state index in [2.05, 4.69) is 57.6 Å². The van der Waals surface area contributed by atoms with Gasteiger partial charge >= 0.3 is 0 Å². The van der Waals surface area contributed by atoms with Crippen molar-refractivity contribution in [2.45, 2.75) is 38.5 Å². The van der Waals surface area contributed by atoms with Gasteiger partial charge in [-0.05, 0) is 25.3 Å². The van der Waals surface area contributed by atoms with Crippen LogP contribution in [0.4, 0.5) is 0 Å². The third-order valence-electron chi connectivity index (χ3n) is 5.91. The molecule has 3 heterocycles. The van der Waals surface area contributed by atoms with Gasteiger partial charge in [0.2, 0.25) is 0 Å². The summed E-state index contributed by atoms with van der Waals surface area (Å²) in [7, 11) is 2.07. The number of likely N-dealkylation sites (tertiary alicyclic amines) is 1. The molecule has 2 aliphatic rings. The third-order valence-corrected chi connectivity index (χ3v) is 5.91. The molecule has 2 aromatic rings. The topological polar surface area (TPSA) is 33.5 Å². The van der Waals surface area contributed by atoms with Crippen LogP contribution in [-0.4, -0.2) is 57.7 Å². The minimum atomic E-state index is 0.0427. The third kappa shape index (κ3) is 4.00. The average molecular weight is 354 g/mol. The summed E-state index contributed by atoms with van der Waals surface area (Å²) < 4.78 is 8.43. The molecule has 2 saturated heterocycles. The Labute approximate surface area is 156 Å². The predicted molar refractivity (Wildman–Crippen MR) is 103 cm³/mol. The van der Waals surface area contributed by atoms with Crippen molar-refractivity contribution in [3.8, 4) is 0 Å². The molecule has 0 bridgehead atoms. The quantitative estimate of drug-likeness (QED) is 0.845. The first-order valence-corrected chi connectivity index (χ1v) is 9.72. The molecule has 4 rings (SSSR count). The largest absolute Gasteiger partial charge is 0.372 e. The second kappa shape index (κ2) is 7.51. The summed E-state index contributed by atoms with van der Waals surface area (Å²) in [5.41, 5.74) is 2.77. The first-order valence-electron chi connectivity index (χ1n) is 9.72. The zero-order valence-corrected chi connectivity index (χ0v) is 16.0. The van der Waals surface area contributed by atoms with Crippen molar-refractivity contribution in [3.05, 3.63) is 53.6 Å². The highest BCUT2D eigenvalue weighted by Crippen LogP contribution is 2.31. The van der Waals surface area contributed by atoms with Crippen LogP contribution in [0.2, 0.25) is 0 Å². The number of aryl methyl sites for hydroxylation is 2. The highest BCUT2D eigenvalue weighted by atomic mass is 16.5. The lowest BCUT2D eigenvalue weighted by Gasteiger charge is -2.47. The maximum Gasteiger partial charge on any atom is 0.122 e. The number of nitrogens with zero attached hydrogens (tertiary/aromatic N) is 4. The smallest absolute Gasteiger partial charge is 0.122 e. The van der Waals surface area contributed by atoms with Gasteiger partial charge in [-0.15, -0.1) is 0 Å². The molecule has 26 heavy (non-hydrogen) atoms. The molecule has 1 aromatic carbocycles. The van der Waals surface area contributed by atoms with Crippen molar-refractivity contribution < 1.29 is 4.74 Å². The number of hydrogen-bond acceptors (Lipinski definition) is 4. The summed E-state index contributed by atoms with van der Waals surface area (Å²) in [5, 5.41) is 0. The van der Waals surface area contributed by atoms with Crippen molar-refractivity contribution in [1.82, 2.24) is 19.4 Å². The Bertz CT molecular complexity index is 716. The lowest BCUT2D eigenvalue weighted by molar-refractivity contribution is -0.138. The van der Waals surface area contributed by atoms with Gasteiger partial charge in [0, 0.05) is 52.2 Å². The number of morpholine rings is 1. The van der Waals surface area contributed by atoms with E-state index in [1.807, 2.05) is 12.4 Å². The van der Waals surface area contributed by atoms with Crippen LogP contribution in [0.1, 0.15) is 29.8 Å². The zero-order valence-electron chi connectivity index (χ0n) is 16.0. The Balaban J connectivity index is 1.32. The first kappa shape index (κ1) is 17.7. The lowest BCUT2D eigenvalue weighted by Crippen LogP contribution is -2.56. The fourth-order valence-corrected chi connectivity index (χ4v) is 4.18. The normalized spacial score (nSPS) is 21.3. The van der Waals surface area contributed by atoms with Gasteiger partial charge < -0.3 is 9.30 Å².